The van der Waals surface area contributed by atoms with Crippen LogP contribution in [0.1, 0.15) is 20.8 Å². The average Bonchev–Trinajstić information content (AvgIpc) is 2.47. The first-order valence-corrected chi connectivity index (χ1v) is 7.85. The molecule has 0 aliphatic heterocycles. The number of para-hydroxylation sites is 2. The van der Waals surface area contributed by atoms with E-state index in [0.717, 1.165) is 31.1 Å². The highest BCUT2D eigenvalue weighted by atomic mass is 32.1. The lowest BCUT2D eigenvalue weighted by Gasteiger charge is -2.24. The zero-order valence-corrected chi connectivity index (χ0v) is 14.0. The van der Waals surface area contributed by atoms with Gasteiger partial charge in [-0.05, 0) is 25.6 Å². The van der Waals surface area contributed by atoms with Crippen molar-refractivity contribution in [3.63, 3.8) is 0 Å². The third-order valence-corrected chi connectivity index (χ3v) is 3.68. The number of ether oxygens (including phenoxy) is 2. The molecule has 21 heavy (non-hydrogen) atoms. The van der Waals surface area contributed by atoms with Gasteiger partial charge in [-0.15, -0.1) is 0 Å². The number of benzene rings is 1. The molecule has 1 atom stereocenters. The maximum atomic E-state index is 5.83. The summed E-state index contributed by atoms with van der Waals surface area (Å²) in [6.07, 6.45) is 0. The number of hydrogen-bond acceptors (Lipinski definition) is 4. The van der Waals surface area contributed by atoms with Gasteiger partial charge < -0.3 is 15.2 Å². The van der Waals surface area contributed by atoms with Gasteiger partial charge >= 0.3 is 0 Å². The Morgan fingerprint density at radius 3 is 2.38 bits per heavy atom. The van der Waals surface area contributed by atoms with Crippen molar-refractivity contribution in [2.45, 2.75) is 20.8 Å². The summed E-state index contributed by atoms with van der Waals surface area (Å²) in [7, 11) is 0. The van der Waals surface area contributed by atoms with Crippen LogP contribution in [-0.2, 0) is 0 Å². The third-order valence-electron chi connectivity index (χ3n) is 3.28. The number of rotatable bonds is 10. The number of likely N-dealkylation sites (N-methyl/N-ethyl adjacent to an activating group) is 1. The summed E-state index contributed by atoms with van der Waals surface area (Å²) in [5.74, 6) is 1.80. The van der Waals surface area contributed by atoms with E-state index in [1.54, 1.807) is 0 Å². The molecule has 2 N–H and O–H groups in total. The molecule has 0 aromatic heterocycles. The van der Waals surface area contributed by atoms with Crippen molar-refractivity contribution in [2.75, 3.05) is 32.8 Å². The third kappa shape index (κ3) is 6.31. The first-order chi connectivity index (χ1) is 10.1. The lowest BCUT2D eigenvalue weighted by Crippen LogP contribution is -2.36. The SMILES string of the molecule is CCOc1ccccc1OCCN(CC)CC(C)C(N)=S. The lowest BCUT2D eigenvalue weighted by molar-refractivity contribution is 0.201. The molecule has 5 heteroatoms. The van der Waals surface area contributed by atoms with Crippen LogP contribution in [0.5, 0.6) is 11.5 Å². The summed E-state index contributed by atoms with van der Waals surface area (Å²) in [6, 6.07) is 7.74. The van der Waals surface area contributed by atoms with Gasteiger partial charge in [0.2, 0.25) is 0 Å². The fourth-order valence-electron chi connectivity index (χ4n) is 1.98. The molecule has 1 aromatic carbocycles. The Balaban J connectivity index is 2.46. The van der Waals surface area contributed by atoms with Gasteiger partial charge in [0.15, 0.2) is 11.5 Å². The molecule has 118 valence electrons. The quantitative estimate of drug-likeness (QED) is 0.673. The molecule has 1 rings (SSSR count). The zero-order chi connectivity index (χ0) is 15.7. The fourth-order valence-corrected chi connectivity index (χ4v) is 2.06. The van der Waals surface area contributed by atoms with E-state index in [9.17, 15) is 0 Å². The molecule has 0 saturated carbocycles. The highest BCUT2D eigenvalue weighted by Gasteiger charge is 2.11. The molecule has 1 unspecified atom stereocenters. The van der Waals surface area contributed by atoms with Crippen molar-refractivity contribution in [1.82, 2.24) is 4.90 Å². The van der Waals surface area contributed by atoms with Crippen LogP contribution >= 0.6 is 12.2 Å². The summed E-state index contributed by atoms with van der Waals surface area (Å²) < 4.78 is 11.4. The Hall–Kier alpha value is -1.33. The van der Waals surface area contributed by atoms with Crippen LogP contribution in [0.2, 0.25) is 0 Å². The Bertz CT molecular complexity index is 440. The van der Waals surface area contributed by atoms with Crippen LogP contribution in [0.25, 0.3) is 0 Å². The predicted octanol–water partition coefficient (Wildman–Crippen LogP) is 2.71. The molecule has 0 aliphatic rings. The Kier molecular flexibility index (Phi) is 8.08. The van der Waals surface area contributed by atoms with Crippen molar-refractivity contribution >= 4 is 17.2 Å². The predicted molar refractivity (Wildman–Crippen MR) is 91.2 cm³/mol. The summed E-state index contributed by atoms with van der Waals surface area (Å²) in [5.41, 5.74) is 5.67. The minimum Gasteiger partial charge on any atom is -0.490 e. The largest absolute Gasteiger partial charge is 0.490 e. The summed E-state index contributed by atoms with van der Waals surface area (Å²) in [5, 5.41) is 0. The molecule has 0 bridgehead atoms. The summed E-state index contributed by atoms with van der Waals surface area (Å²) in [6.45, 7) is 10.0. The minimum atomic E-state index is 0.218. The van der Waals surface area contributed by atoms with Gasteiger partial charge in [-0.1, -0.05) is 38.2 Å². The van der Waals surface area contributed by atoms with E-state index in [-0.39, 0.29) is 5.92 Å². The summed E-state index contributed by atoms with van der Waals surface area (Å²) in [4.78, 5) is 2.85. The highest BCUT2D eigenvalue weighted by Crippen LogP contribution is 2.26. The van der Waals surface area contributed by atoms with Gasteiger partial charge in [0.25, 0.3) is 0 Å². The first-order valence-electron chi connectivity index (χ1n) is 7.44. The van der Waals surface area contributed by atoms with E-state index in [4.69, 9.17) is 27.4 Å². The molecule has 0 saturated heterocycles. The summed E-state index contributed by atoms with van der Waals surface area (Å²) >= 11 is 5.02. The second-order valence-corrected chi connectivity index (χ2v) is 5.40. The van der Waals surface area contributed by atoms with Crippen LogP contribution in [0.15, 0.2) is 24.3 Å². The molecule has 0 spiro atoms. The number of hydrogen-bond donors (Lipinski definition) is 1. The second-order valence-electron chi connectivity index (χ2n) is 4.92. The van der Waals surface area contributed by atoms with Crippen LogP contribution in [0.4, 0.5) is 0 Å². The van der Waals surface area contributed by atoms with Gasteiger partial charge in [-0.25, -0.2) is 0 Å². The van der Waals surface area contributed by atoms with E-state index in [0.29, 0.717) is 18.2 Å². The maximum Gasteiger partial charge on any atom is 0.161 e. The monoisotopic (exact) mass is 310 g/mol. The van der Waals surface area contributed by atoms with E-state index < -0.39 is 0 Å². The molecule has 0 fully saturated rings. The molecular weight excluding hydrogens is 284 g/mol. The van der Waals surface area contributed by atoms with Crippen LogP contribution in [0.3, 0.4) is 0 Å². The molecule has 0 aliphatic carbocycles. The molecular formula is C16H26N2O2S. The molecule has 0 amide bonds. The first kappa shape index (κ1) is 17.7. The molecule has 0 heterocycles. The standard InChI is InChI=1S/C16H26N2O2S/c1-4-18(12-13(3)16(17)21)10-11-20-15-9-7-6-8-14(15)19-5-2/h6-9,13H,4-5,10-12H2,1-3H3,(H2,17,21). The van der Waals surface area contributed by atoms with Gasteiger partial charge in [0, 0.05) is 19.0 Å². The smallest absolute Gasteiger partial charge is 0.161 e. The second kappa shape index (κ2) is 9.58. The van der Waals surface area contributed by atoms with Crippen molar-refractivity contribution in [2.24, 2.45) is 11.7 Å². The number of nitrogens with zero attached hydrogens (tertiary/aromatic N) is 1. The van der Waals surface area contributed by atoms with E-state index in [1.807, 2.05) is 31.2 Å². The van der Waals surface area contributed by atoms with Crippen LogP contribution in [0, 0.1) is 5.92 Å². The van der Waals surface area contributed by atoms with Gasteiger partial charge in [0.05, 0.1) is 11.6 Å². The van der Waals surface area contributed by atoms with E-state index >= 15 is 0 Å². The zero-order valence-electron chi connectivity index (χ0n) is 13.2. The molecule has 4 nitrogen and oxygen atoms in total. The topological polar surface area (TPSA) is 47.7 Å². The van der Waals surface area contributed by atoms with Crippen molar-refractivity contribution < 1.29 is 9.47 Å². The normalized spacial score (nSPS) is 12.2. The average molecular weight is 310 g/mol. The van der Waals surface area contributed by atoms with Crippen LogP contribution < -0.4 is 15.2 Å². The minimum absolute atomic E-state index is 0.218. The fraction of sp³-hybridized carbons (Fsp3) is 0.562. The van der Waals surface area contributed by atoms with Crippen LogP contribution in [-0.4, -0.2) is 42.7 Å². The van der Waals surface area contributed by atoms with Crippen molar-refractivity contribution in [3.05, 3.63) is 24.3 Å². The number of thiocarbonyl (C=S) groups is 1. The Labute approximate surface area is 133 Å². The Morgan fingerprint density at radius 1 is 1.24 bits per heavy atom. The van der Waals surface area contributed by atoms with Gasteiger partial charge in [-0.3, -0.25) is 4.90 Å². The molecule has 1 aromatic rings. The van der Waals surface area contributed by atoms with Crippen molar-refractivity contribution in [1.29, 1.82) is 0 Å². The maximum absolute atomic E-state index is 5.83. The number of nitrogens with two attached hydrogens (primary N) is 1. The Morgan fingerprint density at radius 2 is 1.86 bits per heavy atom. The van der Waals surface area contributed by atoms with E-state index in [2.05, 4.69) is 18.7 Å². The lowest BCUT2D eigenvalue weighted by atomic mass is 10.1. The van der Waals surface area contributed by atoms with Gasteiger partial charge in [-0.2, -0.15) is 0 Å². The van der Waals surface area contributed by atoms with Crippen molar-refractivity contribution in [3.8, 4) is 11.5 Å². The highest BCUT2D eigenvalue weighted by molar-refractivity contribution is 7.80. The molecule has 0 radical (unpaired) electrons. The van der Waals surface area contributed by atoms with E-state index in [1.165, 1.54) is 0 Å². The van der Waals surface area contributed by atoms with Gasteiger partial charge in [0.1, 0.15) is 6.61 Å².